The molecule has 36 heavy (non-hydrogen) atoms. The van der Waals surface area contributed by atoms with Crippen LogP contribution < -0.4 is 10.2 Å². The number of benzene rings is 2. The van der Waals surface area contributed by atoms with E-state index in [9.17, 15) is 15.2 Å². The van der Waals surface area contributed by atoms with Crippen molar-refractivity contribution in [2.45, 2.75) is 32.7 Å². The van der Waals surface area contributed by atoms with E-state index in [2.05, 4.69) is 52.5 Å². The lowest BCUT2D eigenvalue weighted by Gasteiger charge is -2.34. The molecule has 1 aliphatic heterocycles. The number of likely N-dealkylation sites (N-methyl/N-ethyl adjacent to an activating group) is 1. The van der Waals surface area contributed by atoms with E-state index >= 15 is 0 Å². The number of piperazine rings is 1. The second kappa shape index (κ2) is 10.6. The molecule has 0 unspecified atom stereocenters. The van der Waals surface area contributed by atoms with Gasteiger partial charge in [-0.15, -0.1) is 0 Å². The number of nitriles is 1. The first-order valence-electron chi connectivity index (χ1n) is 12.3. The Morgan fingerprint density at radius 3 is 2.47 bits per heavy atom. The number of rotatable bonds is 7. The number of nitrogens with one attached hydrogen (secondary N) is 1. The quantitative estimate of drug-likeness (QED) is 0.379. The van der Waals surface area contributed by atoms with E-state index in [1.165, 1.54) is 11.1 Å². The van der Waals surface area contributed by atoms with Gasteiger partial charge in [-0.3, -0.25) is 4.79 Å². The van der Waals surface area contributed by atoms with E-state index in [-0.39, 0.29) is 12.2 Å². The van der Waals surface area contributed by atoms with E-state index in [0.717, 1.165) is 37.1 Å². The van der Waals surface area contributed by atoms with Gasteiger partial charge in [0.1, 0.15) is 23.2 Å². The second-order valence-corrected chi connectivity index (χ2v) is 10.1. The third-order valence-electron chi connectivity index (χ3n) is 6.85. The summed E-state index contributed by atoms with van der Waals surface area (Å²) in [4.78, 5) is 17.5. The minimum absolute atomic E-state index is 0.00291. The number of amides is 1. The molecule has 0 saturated carbocycles. The third-order valence-corrected chi connectivity index (χ3v) is 6.85. The van der Waals surface area contributed by atoms with Crippen LogP contribution in [-0.2, 0) is 4.79 Å². The number of fused-ring (bicyclic) bond motifs is 1. The molecule has 7 nitrogen and oxygen atoms in total. The molecule has 1 amide bonds. The number of anilines is 1. The van der Waals surface area contributed by atoms with Gasteiger partial charge in [-0.25, -0.2) is 0 Å². The molecule has 7 heteroatoms. The number of carbonyl (C=O) groups excluding carboxylic acids is 1. The lowest BCUT2D eigenvalue weighted by molar-refractivity contribution is -0.118. The van der Waals surface area contributed by atoms with Gasteiger partial charge in [0.15, 0.2) is 0 Å². The number of hydrogen-bond acceptors (Lipinski definition) is 6. The predicted molar refractivity (Wildman–Crippen MR) is 143 cm³/mol. The fourth-order valence-electron chi connectivity index (χ4n) is 4.48. The van der Waals surface area contributed by atoms with Crippen molar-refractivity contribution >= 4 is 27.9 Å². The maximum atomic E-state index is 12.7. The van der Waals surface area contributed by atoms with Crippen molar-refractivity contribution in [1.29, 1.82) is 5.26 Å². The fourth-order valence-corrected chi connectivity index (χ4v) is 4.48. The Labute approximate surface area is 212 Å². The van der Waals surface area contributed by atoms with Gasteiger partial charge in [0, 0.05) is 55.1 Å². The van der Waals surface area contributed by atoms with Crippen molar-refractivity contribution in [2.24, 2.45) is 0 Å². The molecule has 2 aromatic carbocycles. The van der Waals surface area contributed by atoms with Crippen LogP contribution in [0.3, 0.4) is 0 Å². The van der Waals surface area contributed by atoms with Crippen LogP contribution in [0.1, 0.15) is 33.0 Å². The molecule has 1 fully saturated rings. The predicted octanol–water partition coefficient (Wildman–Crippen LogP) is 4.43. The maximum absolute atomic E-state index is 12.7. The average molecular weight is 487 g/mol. The molecule has 2 N–H and O–H groups in total. The summed E-state index contributed by atoms with van der Waals surface area (Å²) in [5.41, 5.74) is 2.02. The van der Waals surface area contributed by atoms with Crippen LogP contribution in [0, 0.1) is 11.3 Å². The summed E-state index contributed by atoms with van der Waals surface area (Å²) in [5.74, 6) is 0.670. The first-order chi connectivity index (χ1) is 17.2. The van der Waals surface area contributed by atoms with Crippen LogP contribution in [0.25, 0.3) is 27.7 Å². The van der Waals surface area contributed by atoms with Gasteiger partial charge < -0.3 is 24.6 Å². The molecule has 1 aliphatic rings. The fraction of sp³-hybridized carbons (Fsp3) is 0.379. The number of hydrogen-bond donors (Lipinski definition) is 2. The normalized spacial score (nSPS) is 15.5. The Hall–Kier alpha value is -3.60. The van der Waals surface area contributed by atoms with Crippen LogP contribution in [0.15, 0.2) is 58.5 Å². The van der Waals surface area contributed by atoms with E-state index in [0.29, 0.717) is 23.5 Å². The smallest absolute Gasteiger partial charge is 0.262 e. The molecule has 1 saturated heterocycles. The van der Waals surface area contributed by atoms with E-state index < -0.39 is 11.4 Å². The van der Waals surface area contributed by atoms with E-state index in [1.54, 1.807) is 13.0 Å². The number of furan rings is 1. The monoisotopic (exact) mass is 486 g/mol. The summed E-state index contributed by atoms with van der Waals surface area (Å²) < 4.78 is 6.08. The first kappa shape index (κ1) is 25.5. The van der Waals surface area contributed by atoms with Gasteiger partial charge in [0.25, 0.3) is 5.91 Å². The summed E-state index contributed by atoms with van der Waals surface area (Å²) in [6, 6.07) is 18.5. The van der Waals surface area contributed by atoms with Gasteiger partial charge in [0.05, 0.1) is 0 Å². The van der Waals surface area contributed by atoms with Crippen molar-refractivity contribution in [1.82, 2.24) is 10.2 Å². The van der Waals surface area contributed by atoms with Crippen molar-refractivity contribution < 1.29 is 14.3 Å². The molecular formula is C29H34N4O3. The third kappa shape index (κ3) is 5.62. The molecule has 0 bridgehead atoms. The Bertz CT molecular complexity index is 1320. The largest absolute Gasteiger partial charge is 0.456 e. The van der Waals surface area contributed by atoms with Crippen LogP contribution in [-0.4, -0.2) is 61.3 Å². The van der Waals surface area contributed by atoms with Gasteiger partial charge in [-0.2, -0.15) is 5.26 Å². The lowest BCUT2D eigenvalue weighted by Crippen LogP contribution is -2.44. The second-order valence-electron chi connectivity index (χ2n) is 10.1. The molecule has 4 rings (SSSR count). The highest BCUT2D eigenvalue weighted by molar-refractivity contribution is 6.04. The standard InChI is InChI=1S/C29H34N4O3/c1-20(25(19-30)28(35)31-29(2,3)11-16-34)26-9-10-27(36-26)23-6-5-22-18-24(8-7-21(22)17-23)33-14-12-32(4)13-15-33/h5-10,17-18,34H,11-16H2,1-4H3,(H,31,35). The Morgan fingerprint density at radius 2 is 1.78 bits per heavy atom. The SMILES string of the molecule is CC(=C(C#N)C(=O)NC(C)(C)CCO)c1ccc(-c2ccc3cc(N4CCN(C)CC4)ccc3c2)o1. The number of aliphatic hydroxyl groups is 1. The average Bonchev–Trinajstić information content (AvgIpc) is 3.34. The molecule has 0 aliphatic carbocycles. The topological polar surface area (TPSA) is 92.7 Å². The highest BCUT2D eigenvalue weighted by atomic mass is 16.3. The zero-order valence-electron chi connectivity index (χ0n) is 21.5. The number of aliphatic hydroxyl groups excluding tert-OH is 1. The van der Waals surface area contributed by atoms with Gasteiger partial charge in [-0.1, -0.05) is 18.2 Å². The zero-order valence-corrected chi connectivity index (χ0v) is 21.5. The Balaban J connectivity index is 1.56. The molecule has 1 aromatic heterocycles. The minimum Gasteiger partial charge on any atom is -0.456 e. The summed E-state index contributed by atoms with van der Waals surface area (Å²) in [5, 5.41) is 24.0. The molecule has 2 heterocycles. The Morgan fingerprint density at radius 1 is 1.08 bits per heavy atom. The van der Waals surface area contributed by atoms with Gasteiger partial charge in [0.2, 0.25) is 0 Å². The van der Waals surface area contributed by atoms with Crippen molar-refractivity contribution in [3.05, 3.63) is 59.9 Å². The molecule has 188 valence electrons. The van der Waals surface area contributed by atoms with Crippen LogP contribution in [0.5, 0.6) is 0 Å². The molecular weight excluding hydrogens is 452 g/mol. The van der Waals surface area contributed by atoms with Crippen molar-refractivity contribution in [3.8, 4) is 17.4 Å². The molecule has 0 radical (unpaired) electrons. The molecule has 3 aromatic rings. The van der Waals surface area contributed by atoms with Crippen molar-refractivity contribution in [2.75, 3.05) is 44.7 Å². The lowest BCUT2D eigenvalue weighted by atomic mass is 9.99. The minimum atomic E-state index is -0.627. The summed E-state index contributed by atoms with van der Waals surface area (Å²) in [7, 11) is 2.16. The van der Waals surface area contributed by atoms with E-state index in [1.807, 2.05) is 32.0 Å². The number of carbonyl (C=O) groups is 1. The van der Waals surface area contributed by atoms with Crippen LogP contribution in [0.2, 0.25) is 0 Å². The summed E-state index contributed by atoms with van der Waals surface area (Å²) in [6.07, 6.45) is 0.389. The van der Waals surface area contributed by atoms with Gasteiger partial charge >= 0.3 is 0 Å². The Kier molecular flexibility index (Phi) is 7.48. The summed E-state index contributed by atoms with van der Waals surface area (Å²) in [6.45, 7) is 9.48. The maximum Gasteiger partial charge on any atom is 0.262 e. The number of allylic oxidation sites excluding steroid dienone is 1. The number of nitrogens with zero attached hydrogens (tertiary/aromatic N) is 3. The van der Waals surface area contributed by atoms with Crippen molar-refractivity contribution in [3.63, 3.8) is 0 Å². The van der Waals surface area contributed by atoms with Crippen LogP contribution in [0.4, 0.5) is 5.69 Å². The molecule has 0 atom stereocenters. The van der Waals surface area contributed by atoms with Gasteiger partial charge in [-0.05, 0) is 75.3 Å². The highest BCUT2D eigenvalue weighted by Gasteiger charge is 2.24. The zero-order chi connectivity index (χ0) is 25.9. The summed E-state index contributed by atoms with van der Waals surface area (Å²) >= 11 is 0. The van der Waals surface area contributed by atoms with Crippen LogP contribution >= 0.6 is 0 Å². The first-order valence-corrected chi connectivity index (χ1v) is 12.3. The molecule has 0 spiro atoms. The highest BCUT2D eigenvalue weighted by Crippen LogP contribution is 2.31. The van der Waals surface area contributed by atoms with E-state index in [4.69, 9.17) is 4.42 Å².